The van der Waals surface area contributed by atoms with Gasteiger partial charge in [0.15, 0.2) is 0 Å². The maximum absolute atomic E-state index is 11.6. The van der Waals surface area contributed by atoms with Gasteiger partial charge >= 0.3 is 0 Å². The second-order valence-electron chi connectivity index (χ2n) is 9.27. The average molecular weight is 436 g/mol. The molecule has 3 aromatic rings. The van der Waals surface area contributed by atoms with Crippen molar-refractivity contribution in [1.82, 2.24) is 9.47 Å². The molecule has 3 N–H and O–H groups in total. The minimum Gasteiger partial charge on any atom is -0.496 e. The molecule has 0 bridgehead atoms. The van der Waals surface area contributed by atoms with E-state index in [-0.39, 0.29) is 0 Å². The highest BCUT2D eigenvalue weighted by Gasteiger charge is 2.23. The monoisotopic (exact) mass is 435 g/mol. The number of piperidine rings is 1. The van der Waals surface area contributed by atoms with Gasteiger partial charge in [0.1, 0.15) is 5.75 Å². The lowest BCUT2D eigenvalue weighted by molar-refractivity contribution is 0.0784. The number of likely N-dealkylation sites (tertiary alicyclic amines) is 1. The van der Waals surface area contributed by atoms with Crippen LogP contribution in [-0.4, -0.2) is 47.2 Å². The Labute approximate surface area is 189 Å². The molecule has 170 valence electrons. The number of carbonyl (C=O) groups excluding carboxylic acids is 1. The molecule has 0 radical (unpaired) electrons. The van der Waals surface area contributed by atoms with Crippen LogP contribution in [0.1, 0.15) is 54.2 Å². The maximum Gasteiger partial charge on any atom is 0.248 e. The van der Waals surface area contributed by atoms with Gasteiger partial charge in [0.25, 0.3) is 0 Å². The van der Waals surface area contributed by atoms with Crippen LogP contribution in [0.3, 0.4) is 0 Å². The number of primary amides is 1. The number of hydrogen-bond donors (Lipinski definition) is 2. The number of carbonyl (C=O) groups is 1. The van der Waals surface area contributed by atoms with Crippen LogP contribution in [0, 0.1) is 0 Å². The first-order valence-corrected chi connectivity index (χ1v) is 11.3. The lowest BCUT2D eigenvalue weighted by Crippen LogP contribution is -2.36. The van der Waals surface area contributed by atoms with E-state index in [9.17, 15) is 9.90 Å². The van der Waals surface area contributed by atoms with Gasteiger partial charge in [0.05, 0.1) is 12.7 Å². The predicted octanol–water partition coefficient (Wildman–Crippen LogP) is 3.86. The Morgan fingerprint density at radius 3 is 2.56 bits per heavy atom. The van der Waals surface area contributed by atoms with E-state index in [2.05, 4.69) is 27.8 Å². The molecular formula is C26H33N3O3. The summed E-state index contributed by atoms with van der Waals surface area (Å²) < 4.78 is 7.85. The average Bonchev–Trinajstić information content (AvgIpc) is 3.20. The molecule has 0 saturated carbocycles. The van der Waals surface area contributed by atoms with E-state index in [1.807, 2.05) is 24.3 Å². The zero-order valence-corrected chi connectivity index (χ0v) is 19.2. The third-order valence-corrected chi connectivity index (χ3v) is 6.64. The van der Waals surface area contributed by atoms with Crippen molar-refractivity contribution >= 4 is 16.8 Å². The summed E-state index contributed by atoms with van der Waals surface area (Å²) in [5.74, 6) is 0.482. The van der Waals surface area contributed by atoms with Gasteiger partial charge < -0.3 is 25.0 Å². The highest BCUT2D eigenvalue weighted by atomic mass is 16.5. The summed E-state index contributed by atoms with van der Waals surface area (Å²) in [6.45, 7) is 6.61. The fraction of sp³-hybridized carbons (Fsp3) is 0.423. The van der Waals surface area contributed by atoms with Gasteiger partial charge in [-0.25, -0.2) is 0 Å². The van der Waals surface area contributed by atoms with Crippen LogP contribution in [0.25, 0.3) is 10.9 Å². The van der Waals surface area contributed by atoms with Gasteiger partial charge in [-0.15, -0.1) is 0 Å². The zero-order chi connectivity index (χ0) is 22.9. The quantitative estimate of drug-likeness (QED) is 0.591. The number of aromatic nitrogens is 1. The fourth-order valence-corrected chi connectivity index (χ4v) is 4.67. The maximum atomic E-state index is 11.6. The molecule has 0 unspecified atom stereocenters. The minimum atomic E-state index is -0.868. The third kappa shape index (κ3) is 4.66. The highest BCUT2D eigenvalue weighted by Crippen LogP contribution is 2.30. The van der Waals surface area contributed by atoms with Gasteiger partial charge in [-0.3, -0.25) is 4.79 Å². The topological polar surface area (TPSA) is 80.7 Å². The van der Waals surface area contributed by atoms with Gasteiger partial charge in [0.2, 0.25) is 5.91 Å². The van der Waals surface area contributed by atoms with E-state index in [4.69, 9.17) is 10.5 Å². The van der Waals surface area contributed by atoms with Crippen LogP contribution in [0.5, 0.6) is 5.75 Å². The molecule has 2 heterocycles. The lowest BCUT2D eigenvalue weighted by Gasteiger charge is -2.33. The summed E-state index contributed by atoms with van der Waals surface area (Å²) in [7, 11) is 1.69. The summed E-state index contributed by atoms with van der Waals surface area (Å²) in [6.07, 6.45) is 5.13. The lowest BCUT2D eigenvalue weighted by atomic mass is 9.95. The Balaban J connectivity index is 1.40. The summed E-state index contributed by atoms with van der Waals surface area (Å²) in [5, 5.41) is 11.5. The van der Waals surface area contributed by atoms with Crippen molar-refractivity contribution in [2.75, 3.05) is 26.7 Å². The van der Waals surface area contributed by atoms with Crippen LogP contribution in [-0.2, 0) is 12.0 Å². The van der Waals surface area contributed by atoms with E-state index >= 15 is 0 Å². The molecule has 0 spiro atoms. The van der Waals surface area contributed by atoms with Crippen molar-refractivity contribution < 1.29 is 14.6 Å². The normalized spacial score (nSPS) is 15.9. The van der Waals surface area contributed by atoms with Crippen LogP contribution < -0.4 is 10.5 Å². The molecule has 0 aliphatic carbocycles. The van der Waals surface area contributed by atoms with Crippen LogP contribution >= 0.6 is 0 Å². The van der Waals surface area contributed by atoms with Crippen molar-refractivity contribution in [3.05, 3.63) is 65.4 Å². The van der Waals surface area contributed by atoms with Gasteiger partial charge in [-0.05, 0) is 80.0 Å². The number of hydrogen-bond acceptors (Lipinski definition) is 4. The van der Waals surface area contributed by atoms with Crippen LogP contribution in [0.15, 0.2) is 48.7 Å². The number of nitrogens with two attached hydrogens (primary N) is 1. The van der Waals surface area contributed by atoms with Crippen molar-refractivity contribution in [2.45, 2.75) is 44.8 Å². The van der Waals surface area contributed by atoms with Crippen molar-refractivity contribution in [1.29, 1.82) is 0 Å². The summed E-state index contributed by atoms with van der Waals surface area (Å²) in [4.78, 5) is 14.1. The second-order valence-corrected chi connectivity index (χ2v) is 9.27. The first-order valence-electron chi connectivity index (χ1n) is 11.3. The van der Waals surface area contributed by atoms with Crippen LogP contribution in [0.2, 0.25) is 0 Å². The Morgan fingerprint density at radius 1 is 1.16 bits per heavy atom. The second kappa shape index (κ2) is 8.96. The first-order chi connectivity index (χ1) is 15.3. The van der Waals surface area contributed by atoms with E-state index < -0.39 is 11.5 Å². The SMILES string of the molecule is COc1ccc(C(C)(C)O)cc1CCN1CCC(n2ccc3ccc(C(N)=O)cc32)CC1. The fourth-order valence-electron chi connectivity index (χ4n) is 4.67. The number of amides is 1. The Hall–Kier alpha value is -2.83. The van der Waals surface area contributed by atoms with E-state index in [0.29, 0.717) is 11.6 Å². The van der Waals surface area contributed by atoms with E-state index in [0.717, 1.165) is 66.7 Å². The van der Waals surface area contributed by atoms with Crippen molar-refractivity contribution in [2.24, 2.45) is 5.73 Å². The van der Waals surface area contributed by atoms with E-state index in [1.54, 1.807) is 27.0 Å². The summed E-state index contributed by atoms with van der Waals surface area (Å²) in [5.41, 5.74) is 8.27. The van der Waals surface area contributed by atoms with Crippen LogP contribution in [0.4, 0.5) is 0 Å². The molecule has 6 heteroatoms. The number of rotatable bonds is 7. The molecule has 1 amide bonds. The van der Waals surface area contributed by atoms with Gasteiger partial charge in [0, 0.05) is 43.0 Å². The number of aliphatic hydroxyl groups is 1. The summed E-state index contributed by atoms with van der Waals surface area (Å²) in [6, 6.07) is 14.1. The molecule has 1 saturated heterocycles. The van der Waals surface area contributed by atoms with Crippen molar-refractivity contribution in [3.8, 4) is 5.75 Å². The molecule has 1 fully saturated rings. The Bertz CT molecular complexity index is 1110. The number of fused-ring (bicyclic) bond motifs is 1. The Kier molecular flexibility index (Phi) is 6.26. The molecule has 1 aliphatic heterocycles. The molecule has 0 atom stereocenters. The van der Waals surface area contributed by atoms with Gasteiger partial charge in [-0.1, -0.05) is 12.1 Å². The zero-order valence-electron chi connectivity index (χ0n) is 19.2. The molecular weight excluding hydrogens is 402 g/mol. The smallest absolute Gasteiger partial charge is 0.248 e. The molecule has 1 aliphatic rings. The number of methoxy groups -OCH3 is 1. The van der Waals surface area contributed by atoms with Gasteiger partial charge in [-0.2, -0.15) is 0 Å². The summed E-state index contributed by atoms with van der Waals surface area (Å²) >= 11 is 0. The first kappa shape index (κ1) is 22.4. The number of ether oxygens (including phenoxy) is 1. The highest BCUT2D eigenvalue weighted by molar-refractivity contribution is 5.97. The number of benzene rings is 2. The largest absolute Gasteiger partial charge is 0.496 e. The minimum absolute atomic E-state index is 0.390. The van der Waals surface area contributed by atoms with E-state index in [1.165, 1.54) is 0 Å². The number of nitrogens with zero attached hydrogens (tertiary/aromatic N) is 2. The third-order valence-electron chi connectivity index (χ3n) is 6.64. The molecule has 6 nitrogen and oxygen atoms in total. The predicted molar refractivity (Wildman–Crippen MR) is 127 cm³/mol. The molecule has 4 rings (SSSR count). The van der Waals surface area contributed by atoms with Crippen molar-refractivity contribution in [3.63, 3.8) is 0 Å². The molecule has 32 heavy (non-hydrogen) atoms. The Morgan fingerprint density at radius 2 is 1.91 bits per heavy atom. The standard InChI is InChI=1S/C26H33N3O3/c1-26(2,31)21-6-7-24(32-3)19(16-21)8-12-28-13-10-22(11-14-28)29-15-9-18-4-5-20(25(27)30)17-23(18)29/h4-7,9,15-17,22,31H,8,10-14H2,1-3H3,(H2,27,30). The molecule has 2 aromatic carbocycles. The molecule has 1 aromatic heterocycles.